The number of ether oxygens (including phenoxy) is 2. The van der Waals surface area contributed by atoms with Gasteiger partial charge in [-0.25, -0.2) is 0 Å². The van der Waals surface area contributed by atoms with E-state index in [1.807, 2.05) is 41.0 Å². The van der Waals surface area contributed by atoms with Gasteiger partial charge in [-0.1, -0.05) is 47.8 Å². The Kier molecular flexibility index (Phi) is 7.31. The zero-order valence-electron chi connectivity index (χ0n) is 16.9. The van der Waals surface area contributed by atoms with Crippen LogP contribution in [0.5, 0.6) is 5.75 Å². The van der Waals surface area contributed by atoms with Crippen molar-refractivity contribution < 1.29 is 18.3 Å². The summed E-state index contributed by atoms with van der Waals surface area (Å²) in [6, 6.07) is 15.3. The second kappa shape index (κ2) is 10.3. The van der Waals surface area contributed by atoms with Crippen LogP contribution in [0.4, 0.5) is 14.7 Å². The summed E-state index contributed by atoms with van der Waals surface area (Å²) in [7, 11) is 1.49. The Balaban J connectivity index is 1.58. The smallest absolute Gasteiger partial charge is 0.289 e. The molecule has 1 aliphatic heterocycles. The lowest BCUT2D eigenvalue weighted by Gasteiger charge is -2.27. The number of rotatable bonds is 8. The van der Waals surface area contributed by atoms with Crippen LogP contribution in [-0.4, -0.2) is 53.9 Å². The predicted octanol–water partition coefficient (Wildman–Crippen LogP) is 4.72. The molecule has 1 saturated heterocycles. The number of hydrogen-bond acceptors (Lipinski definition) is 7. The maximum Gasteiger partial charge on any atom is 0.289 e. The van der Waals surface area contributed by atoms with Crippen molar-refractivity contribution in [2.24, 2.45) is 0 Å². The lowest BCUT2D eigenvalue weighted by atomic mass is 10.2. The Labute approximate surface area is 187 Å². The molecule has 164 valence electrons. The van der Waals surface area contributed by atoms with Gasteiger partial charge in [0.25, 0.3) is 5.76 Å². The number of anilines is 1. The average molecular weight is 465 g/mol. The number of alkyl halides is 2. The van der Waals surface area contributed by atoms with Gasteiger partial charge >= 0.3 is 0 Å². The highest BCUT2D eigenvalue weighted by Gasteiger charge is 2.22. The van der Waals surface area contributed by atoms with E-state index in [-0.39, 0.29) is 0 Å². The van der Waals surface area contributed by atoms with Crippen LogP contribution >= 0.6 is 23.5 Å². The van der Waals surface area contributed by atoms with Gasteiger partial charge in [0.1, 0.15) is 5.75 Å². The third kappa shape index (κ3) is 5.31. The molecular formula is C21H22F2N4O2S2. The van der Waals surface area contributed by atoms with Crippen molar-refractivity contribution in [2.75, 3.05) is 38.3 Å². The minimum absolute atomic E-state index is 0.424. The van der Waals surface area contributed by atoms with Crippen molar-refractivity contribution in [3.63, 3.8) is 0 Å². The molecule has 0 bridgehead atoms. The summed E-state index contributed by atoms with van der Waals surface area (Å²) in [5, 5.41) is 9.66. The van der Waals surface area contributed by atoms with Gasteiger partial charge in [-0.15, -0.1) is 10.2 Å². The van der Waals surface area contributed by atoms with Crippen LogP contribution in [0.25, 0.3) is 5.69 Å². The fourth-order valence-corrected chi connectivity index (χ4v) is 4.76. The number of halogens is 2. The molecule has 0 spiro atoms. The Morgan fingerprint density at radius 3 is 2.58 bits per heavy atom. The number of thioether (sulfide) groups is 2. The lowest BCUT2D eigenvalue weighted by Crippen LogP contribution is -2.37. The average Bonchev–Trinajstić information content (AvgIpc) is 3.23. The van der Waals surface area contributed by atoms with Crippen LogP contribution in [0.1, 0.15) is 5.56 Å². The van der Waals surface area contributed by atoms with Crippen molar-refractivity contribution in [1.29, 1.82) is 0 Å². The van der Waals surface area contributed by atoms with Crippen LogP contribution < -0.4 is 9.64 Å². The molecule has 0 aliphatic carbocycles. The number of nitrogens with zero attached hydrogens (tertiary/aromatic N) is 4. The first kappa shape index (κ1) is 21.9. The van der Waals surface area contributed by atoms with Gasteiger partial charge in [-0.2, -0.15) is 8.78 Å². The fraction of sp³-hybridized carbons (Fsp3) is 0.333. The maximum atomic E-state index is 12.7. The number of para-hydroxylation sites is 1. The summed E-state index contributed by atoms with van der Waals surface area (Å²) in [4.78, 5) is 2.60. The monoisotopic (exact) mass is 464 g/mol. The first-order valence-corrected chi connectivity index (χ1v) is 11.6. The third-order valence-electron chi connectivity index (χ3n) is 4.74. The summed E-state index contributed by atoms with van der Waals surface area (Å²) in [6.07, 6.45) is 0. The van der Waals surface area contributed by atoms with E-state index >= 15 is 0 Å². The second-order valence-electron chi connectivity index (χ2n) is 6.71. The summed E-state index contributed by atoms with van der Waals surface area (Å²) >= 11 is 2.02. The molecule has 3 aromatic rings. The summed E-state index contributed by atoms with van der Waals surface area (Å²) < 4.78 is 38.3. The van der Waals surface area contributed by atoms with E-state index in [1.165, 1.54) is 18.9 Å². The maximum absolute atomic E-state index is 12.7. The molecular weight excluding hydrogens is 442 g/mol. The first-order chi connectivity index (χ1) is 15.2. The van der Waals surface area contributed by atoms with Gasteiger partial charge in [0.15, 0.2) is 5.16 Å². The van der Waals surface area contributed by atoms with Gasteiger partial charge in [-0.3, -0.25) is 4.57 Å². The zero-order valence-corrected chi connectivity index (χ0v) is 18.5. The molecule has 0 radical (unpaired) electrons. The van der Waals surface area contributed by atoms with E-state index in [9.17, 15) is 8.78 Å². The van der Waals surface area contributed by atoms with Gasteiger partial charge in [0.05, 0.1) is 30.9 Å². The molecule has 2 heterocycles. The molecule has 6 nitrogen and oxygen atoms in total. The molecule has 1 aromatic heterocycles. The minimum Gasteiger partial charge on any atom is -0.496 e. The number of methoxy groups -OCH3 is 1. The van der Waals surface area contributed by atoms with E-state index in [2.05, 4.69) is 15.1 Å². The molecule has 2 aromatic carbocycles. The van der Waals surface area contributed by atoms with Crippen molar-refractivity contribution in [2.45, 2.75) is 21.6 Å². The SMILES string of the molecule is COc1cc(CSc2nnc(N3CCOCC3)n2-c2ccccc2)ccc1SC(F)F. The van der Waals surface area contributed by atoms with Crippen molar-refractivity contribution in [3.05, 3.63) is 54.1 Å². The normalized spacial score (nSPS) is 14.3. The van der Waals surface area contributed by atoms with Crippen molar-refractivity contribution >= 4 is 29.5 Å². The minimum atomic E-state index is -2.49. The standard InChI is InChI=1S/C21H22F2N4O2S2/c1-28-17-13-15(7-8-18(17)31-19(22)23)14-30-21-25-24-20(26-9-11-29-12-10-26)27(21)16-5-3-2-4-6-16/h2-8,13,19H,9-12,14H2,1H3. The Morgan fingerprint density at radius 2 is 1.87 bits per heavy atom. The van der Waals surface area contributed by atoms with Gasteiger partial charge in [-0.05, 0) is 29.8 Å². The molecule has 4 rings (SSSR count). The highest BCUT2D eigenvalue weighted by Crippen LogP contribution is 2.36. The molecule has 0 atom stereocenters. The Morgan fingerprint density at radius 1 is 1.10 bits per heavy atom. The van der Waals surface area contributed by atoms with E-state index in [0.717, 1.165) is 35.4 Å². The third-order valence-corrected chi connectivity index (χ3v) is 6.51. The van der Waals surface area contributed by atoms with Crippen molar-refractivity contribution in [3.8, 4) is 11.4 Å². The molecule has 1 aliphatic rings. The first-order valence-electron chi connectivity index (χ1n) is 9.74. The summed E-state index contributed by atoms with van der Waals surface area (Å²) in [5.41, 5.74) is 1.94. The summed E-state index contributed by atoms with van der Waals surface area (Å²) in [5.74, 6) is -0.651. The zero-order chi connectivity index (χ0) is 21.6. The van der Waals surface area contributed by atoms with E-state index < -0.39 is 5.76 Å². The van der Waals surface area contributed by atoms with Gasteiger partial charge in [0, 0.05) is 18.8 Å². The molecule has 0 unspecified atom stereocenters. The topological polar surface area (TPSA) is 52.4 Å². The largest absolute Gasteiger partial charge is 0.496 e. The predicted molar refractivity (Wildman–Crippen MR) is 119 cm³/mol. The molecule has 10 heteroatoms. The van der Waals surface area contributed by atoms with Gasteiger partial charge in [0.2, 0.25) is 5.95 Å². The number of aromatic nitrogens is 3. The highest BCUT2D eigenvalue weighted by molar-refractivity contribution is 7.99. The summed E-state index contributed by atoms with van der Waals surface area (Å²) in [6.45, 7) is 2.84. The Bertz CT molecular complexity index is 998. The molecule has 0 saturated carbocycles. The van der Waals surface area contributed by atoms with Crippen LogP contribution in [0.2, 0.25) is 0 Å². The van der Waals surface area contributed by atoms with E-state index in [4.69, 9.17) is 9.47 Å². The van der Waals surface area contributed by atoms with Crippen LogP contribution in [0, 0.1) is 0 Å². The van der Waals surface area contributed by atoms with Crippen LogP contribution in [0.3, 0.4) is 0 Å². The number of benzene rings is 2. The van der Waals surface area contributed by atoms with E-state index in [0.29, 0.717) is 41.4 Å². The van der Waals surface area contributed by atoms with Crippen LogP contribution in [-0.2, 0) is 10.5 Å². The molecule has 31 heavy (non-hydrogen) atoms. The van der Waals surface area contributed by atoms with E-state index in [1.54, 1.807) is 12.1 Å². The number of hydrogen-bond donors (Lipinski definition) is 0. The lowest BCUT2D eigenvalue weighted by molar-refractivity contribution is 0.122. The molecule has 0 amide bonds. The quantitative estimate of drug-likeness (QED) is 0.447. The molecule has 1 fully saturated rings. The number of morpholine rings is 1. The fourth-order valence-electron chi connectivity index (χ4n) is 3.27. The van der Waals surface area contributed by atoms with Crippen molar-refractivity contribution in [1.82, 2.24) is 14.8 Å². The molecule has 0 N–H and O–H groups in total. The second-order valence-corrected chi connectivity index (χ2v) is 8.68. The van der Waals surface area contributed by atoms with Crippen LogP contribution in [0.15, 0.2) is 58.6 Å². The van der Waals surface area contributed by atoms with Gasteiger partial charge < -0.3 is 14.4 Å². The Hall–Kier alpha value is -2.30. The highest BCUT2D eigenvalue weighted by atomic mass is 32.2.